The SMILES string of the molecule is Cc1cc(C)n(-c2ccc(OCCN)cc2)n1. The van der Waals surface area contributed by atoms with E-state index in [2.05, 4.69) is 11.2 Å². The first-order chi connectivity index (χ1) is 8.20. The quantitative estimate of drug-likeness (QED) is 0.873. The fourth-order valence-corrected chi connectivity index (χ4v) is 1.75. The molecule has 1 aromatic carbocycles. The number of ether oxygens (including phenoxy) is 1. The average Bonchev–Trinajstić information content (AvgIpc) is 2.66. The zero-order valence-electron chi connectivity index (χ0n) is 10.2. The summed E-state index contributed by atoms with van der Waals surface area (Å²) in [6.07, 6.45) is 0. The molecule has 0 aliphatic rings. The highest BCUT2D eigenvalue weighted by Crippen LogP contribution is 2.16. The number of nitrogens with zero attached hydrogens (tertiary/aromatic N) is 2. The predicted octanol–water partition coefficient (Wildman–Crippen LogP) is 1.83. The van der Waals surface area contributed by atoms with Gasteiger partial charge in [-0.15, -0.1) is 0 Å². The van der Waals surface area contributed by atoms with Crippen molar-refractivity contribution >= 4 is 0 Å². The maximum Gasteiger partial charge on any atom is 0.119 e. The van der Waals surface area contributed by atoms with Crippen molar-refractivity contribution in [1.82, 2.24) is 9.78 Å². The molecule has 2 N–H and O–H groups in total. The van der Waals surface area contributed by atoms with E-state index in [-0.39, 0.29) is 0 Å². The number of rotatable bonds is 4. The Labute approximate surface area is 101 Å². The summed E-state index contributed by atoms with van der Waals surface area (Å²) < 4.78 is 7.35. The molecule has 0 amide bonds. The van der Waals surface area contributed by atoms with Crippen LogP contribution in [0.3, 0.4) is 0 Å². The van der Waals surface area contributed by atoms with E-state index in [1.807, 2.05) is 42.8 Å². The van der Waals surface area contributed by atoms with Crippen molar-refractivity contribution in [1.29, 1.82) is 0 Å². The Balaban J connectivity index is 2.20. The maximum absolute atomic E-state index is 5.43. The molecule has 0 radical (unpaired) electrons. The lowest BCUT2D eigenvalue weighted by Gasteiger charge is -2.07. The Morgan fingerprint density at radius 2 is 1.94 bits per heavy atom. The number of benzene rings is 1. The first-order valence-electron chi connectivity index (χ1n) is 5.67. The Kier molecular flexibility index (Phi) is 3.44. The number of aryl methyl sites for hydroxylation is 2. The van der Waals surface area contributed by atoms with Gasteiger partial charge in [0.05, 0.1) is 11.4 Å². The molecule has 4 nitrogen and oxygen atoms in total. The second-order valence-corrected chi connectivity index (χ2v) is 3.97. The van der Waals surface area contributed by atoms with Crippen LogP contribution in [0.2, 0.25) is 0 Å². The summed E-state index contributed by atoms with van der Waals surface area (Å²) in [5.41, 5.74) is 8.56. The van der Waals surface area contributed by atoms with Gasteiger partial charge >= 0.3 is 0 Å². The second kappa shape index (κ2) is 5.01. The lowest BCUT2D eigenvalue weighted by Crippen LogP contribution is -2.10. The van der Waals surface area contributed by atoms with Crippen molar-refractivity contribution in [3.05, 3.63) is 41.7 Å². The molecule has 2 rings (SSSR count). The Bertz CT molecular complexity index is 488. The molecule has 0 saturated heterocycles. The van der Waals surface area contributed by atoms with Gasteiger partial charge in [-0.2, -0.15) is 5.10 Å². The van der Waals surface area contributed by atoms with Gasteiger partial charge in [0.15, 0.2) is 0 Å². The predicted molar refractivity (Wildman–Crippen MR) is 67.6 cm³/mol. The molecular formula is C13H17N3O. The molecule has 0 saturated carbocycles. The van der Waals surface area contributed by atoms with Crippen LogP contribution in [0.5, 0.6) is 5.75 Å². The van der Waals surface area contributed by atoms with Gasteiger partial charge in [-0.1, -0.05) is 0 Å². The minimum atomic E-state index is 0.527. The Morgan fingerprint density at radius 3 is 2.47 bits per heavy atom. The van der Waals surface area contributed by atoms with Crippen molar-refractivity contribution < 1.29 is 4.74 Å². The summed E-state index contributed by atoms with van der Waals surface area (Å²) >= 11 is 0. The molecule has 0 atom stereocenters. The molecular weight excluding hydrogens is 214 g/mol. The summed E-state index contributed by atoms with van der Waals surface area (Å²) in [5, 5.41) is 4.43. The maximum atomic E-state index is 5.43. The van der Waals surface area contributed by atoms with Crippen LogP contribution < -0.4 is 10.5 Å². The van der Waals surface area contributed by atoms with Crippen molar-refractivity contribution in [2.75, 3.05) is 13.2 Å². The molecule has 0 aliphatic carbocycles. The van der Waals surface area contributed by atoms with Crippen LogP contribution in [-0.4, -0.2) is 22.9 Å². The molecule has 0 unspecified atom stereocenters. The molecule has 90 valence electrons. The molecule has 1 heterocycles. The van der Waals surface area contributed by atoms with Crippen LogP contribution in [-0.2, 0) is 0 Å². The van der Waals surface area contributed by atoms with E-state index in [0.717, 1.165) is 22.8 Å². The van der Waals surface area contributed by atoms with E-state index in [1.165, 1.54) is 0 Å². The third-order valence-electron chi connectivity index (χ3n) is 2.48. The van der Waals surface area contributed by atoms with Crippen LogP contribution in [0.15, 0.2) is 30.3 Å². The molecule has 0 bridgehead atoms. The first kappa shape index (κ1) is 11.7. The van der Waals surface area contributed by atoms with E-state index >= 15 is 0 Å². The zero-order chi connectivity index (χ0) is 12.3. The lowest BCUT2D eigenvalue weighted by atomic mass is 10.3. The van der Waals surface area contributed by atoms with Gasteiger partial charge in [0, 0.05) is 12.2 Å². The fourth-order valence-electron chi connectivity index (χ4n) is 1.75. The largest absolute Gasteiger partial charge is 0.492 e. The summed E-state index contributed by atoms with van der Waals surface area (Å²) in [7, 11) is 0. The molecule has 0 fully saturated rings. The second-order valence-electron chi connectivity index (χ2n) is 3.97. The topological polar surface area (TPSA) is 53.1 Å². The number of hydrogen-bond acceptors (Lipinski definition) is 3. The van der Waals surface area contributed by atoms with Gasteiger partial charge in [-0.3, -0.25) is 0 Å². The minimum Gasteiger partial charge on any atom is -0.492 e. The summed E-state index contributed by atoms with van der Waals surface area (Å²) in [6.45, 7) is 5.10. The van der Waals surface area contributed by atoms with Crippen molar-refractivity contribution in [2.45, 2.75) is 13.8 Å². The van der Waals surface area contributed by atoms with Gasteiger partial charge < -0.3 is 10.5 Å². The third-order valence-corrected chi connectivity index (χ3v) is 2.48. The molecule has 4 heteroatoms. The number of nitrogens with two attached hydrogens (primary N) is 1. The van der Waals surface area contributed by atoms with Crippen molar-refractivity contribution in [3.8, 4) is 11.4 Å². The minimum absolute atomic E-state index is 0.527. The number of aromatic nitrogens is 2. The molecule has 2 aromatic rings. The number of hydrogen-bond donors (Lipinski definition) is 1. The van der Waals surface area contributed by atoms with Crippen LogP contribution >= 0.6 is 0 Å². The molecule has 0 spiro atoms. The van der Waals surface area contributed by atoms with Gasteiger partial charge in [0.1, 0.15) is 12.4 Å². The first-order valence-corrected chi connectivity index (χ1v) is 5.67. The third kappa shape index (κ3) is 2.65. The van der Waals surface area contributed by atoms with E-state index in [4.69, 9.17) is 10.5 Å². The Hall–Kier alpha value is -1.81. The molecule has 0 aliphatic heterocycles. The van der Waals surface area contributed by atoms with Crippen LogP contribution in [0.1, 0.15) is 11.4 Å². The van der Waals surface area contributed by atoms with Gasteiger partial charge in [0.25, 0.3) is 0 Å². The normalized spacial score (nSPS) is 10.5. The van der Waals surface area contributed by atoms with Crippen LogP contribution in [0.4, 0.5) is 0 Å². The summed E-state index contributed by atoms with van der Waals surface area (Å²) in [5.74, 6) is 0.834. The van der Waals surface area contributed by atoms with Crippen LogP contribution in [0, 0.1) is 13.8 Å². The highest BCUT2D eigenvalue weighted by Gasteiger charge is 2.03. The van der Waals surface area contributed by atoms with E-state index in [1.54, 1.807) is 0 Å². The monoisotopic (exact) mass is 231 g/mol. The lowest BCUT2D eigenvalue weighted by molar-refractivity contribution is 0.328. The standard InChI is InChI=1S/C13H17N3O/c1-10-9-11(2)16(15-10)12-3-5-13(6-4-12)17-8-7-14/h3-6,9H,7-8,14H2,1-2H3. The smallest absolute Gasteiger partial charge is 0.119 e. The van der Waals surface area contributed by atoms with Gasteiger partial charge in [-0.05, 0) is 44.2 Å². The van der Waals surface area contributed by atoms with Gasteiger partial charge in [-0.25, -0.2) is 4.68 Å². The molecule has 17 heavy (non-hydrogen) atoms. The zero-order valence-corrected chi connectivity index (χ0v) is 10.2. The fraction of sp³-hybridized carbons (Fsp3) is 0.308. The highest BCUT2D eigenvalue weighted by molar-refractivity contribution is 5.38. The highest BCUT2D eigenvalue weighted by atomic mass is 16.5. The summed E-state index contributed by atoms with van der Waals surface area (Å²) in [6, 6.07) is 9.90. The van der Waals surface area contributed by atoms with Crippen molar-refractivity contribution in [2.24, 2.45) is 5.73 Å². The van der Waals surface area contributed by atoms with E-state index in [9.17, 15) is 0 Å². The Morgan fingerprint density at radius 1 is 1.24 bits per heavy atom. The van der Waals surface area contributed by atoms with E-state index < -0.39 is 0 Å². The average molecular weight is 231 g/mol. The van der Waals surface area contributed by atoms with Crippen molar-refractivity contribution in [3.63, 3.8) is 0 Å². The van der Waals surface area contributed by atoms with Gasteiger partial charge in [0.2, 0.25) is 0 Å². The molecule has 1 aromatic heterocycles. The summed E-state index contributed by atoms with van der Waals surface area (Å²) in [4.78, 5) is 0. The van der Waals surface area contributed by atoms with Crippen LogP contribution in [0.25, 0.3) is 5.69 Å². The van der Waals surface area contributed by atoms with E-state index in [0.29, 0.717) is 13.2 Å².